The number of aryl methyl sites for hydroxylation is 1. The lowest BCUT2D eigenvalue weighted by atomic mass is 9.88. The minimum Gasteiger partial charge on any atom is -0.462 e. The predicted octanol–water partition coefficient (Wildman–Crippen LogP) is 4.21. The second-order valence-corrected chi connectivity index (χ2v) is 7.60. The third-order valence-electron chi connectivity index (χ3n) is 3.90. The number of halogens is 1. The van der Waals surface area contributed by atoms with E-state index in [4.69, 9.17) is 15.2 Å². The quantitative estimate of drug-likeness (QED) is 0.754. The highest BCUT2D eigenvalue weighted by Gasteiger charge is 2.37. The molecule has 1 unspecified atom stereocenters. The van der Waals surface area contributed by atoms with Crippen molar-refractivity contribution in [3.05, 3.63) is 61.1 Å². The van der Waals surface area contributed by atoms with Crippen LogP contribution < -0.4 is 10.5 Å². The van der Waals surface area contributed by atoms with Crippen LogP contribution in [-0.2, 0) is 4.74 Å². The molecule has 0 saturated carbocycles. The van der Waals surface area contributed by atoms with E-state index in [-0.39, 0.29) is 18.4 Å². The largest absolute Gasteiger partial charge is 0.462 e. The number of allylic oxidation sites excluding steroid dienone is 1. The first-order chi connectivity index (χ1) is 12.0. The van der Waals surface area contributed by atoms with Crippen molar-refractivity contribution in [1.82, 2.24) is 0 Å². The van der Waals surface area contributed by atoms with Crippen LogP contribution in [0.15, 0.2) is 40.2 Å². The number of ether oxygens (including phenoxy) is 2. The van der Waals surface area contributed by atoms with Gasteiger partial charge in [0.2, 0.25) is 5.88 Å². The van der Waals surface area contributed by atoms with E-state index < -0.39 is 5.97 Å². The average Bonchev–Trinajstić information content (AvgIpc) is 2.90. The average molecular weight is 419 g/mol. The van der Waals surface area contributed by atoms with E-state index in [1.807, 2.05) is 31.2 Å². The molecule has 1 aromatic heterocycles. The number of nitriles is 1. The fourth-order valence-electron chi connectivity index (χ4n) is 2.81. The predicted molar refractivity (Wildman–Crippen MR) is 98.5 cm³/mol. The summed E-state index contributed by atoms with van der Waals surface area (Å²) in [6, 6.07) is 9.81. The Balaban J connectivity index is 2.20. The molecule has 1 atom stereocenters. The molecule has 0 fully saturated rings. The van der Waals surface area contributed by atoms with Gasteiger partial charge < -0.3 is 15.2 Å². The first kappa shape index (κ1) is 17.5. The summed E-state index contributed by atoms with van der Waals surface area (Å²) < 4.78 is 11.7. The highest BCUT2D eigenvalue weighted by Crippen LogP contribution is 2.49. The van der Waals surface area contributed by atoms with Crippen molar-refractivity contribution < 1.29 is 14.3 Å². The van der Waals surface area contributed by atoms with Crippen LogP contribution in [-0.4, -0.2) is 12.6 Å². The molecular formula is C18H15BrN2O3S. The lowest BCUT2D eigenvalue weighted by Crippen LogP contribution is -2.21. The number of carbonyl (C=O) groups excluding carboxylic acids is 1. The van der Waals surface area contributed by atoms with Crippen LogP contribution in [0.4, 0.5) is 0 Å². The topological polar surface area (TPSA) is 85.3 Å². The zero-order valence-corrected chi connectivity index (χ0v) is 16.0. The molecule has 0 saturated heterocycles. The van der Waals surface area contributed by atoms with E-state index in [2.05, 4.69) is 22.0 Å². The fourth-order valence-corrected chi connectivity index (χ4v) is 4.29. The molecule has 3 rings (SSSR count). The molecule has 0 bridgehead atoms. The number of nitrogens with two attached hydrogens (primary N) is 1. The van der Waals surface area contributed by atoms with Crippen molar-refractivity contribution in [2.45, 2.75) is 19.8 Å². The minimum atomic E-state index is -0.444. The van der Waals surface area contributed by atoms with Crippen molar-refractivity contribution in [1.29, 1.82) is 5.26 Å². The maximum Gasteiger partial charge on any atom is 0.343 e. The highest BCUT2D eigenvalue weighted by atomic mass is 79.9. The van der Waals surface area contributed by atoms with E-state index in [1.54, 1.807) is 6.92 Å². The van der Waals surface area contributed by atoms with Gasteiger partial charge in [0.15, 0.2) is 5.75 Å². The Morgan fingerprint density at radius 3 is 2.72 bits per heavy atom. The zero-order chi connectivity index (χ0) is 18.1. The lowest BCUT2D eigenvalue weighted by molar-refractivity contribution is 0.0522. The van der Waals surface area contributed by atoms with Crippen LogP contribution in [0.1, 0.15) is 38.5 Å². The number of hydrogen-bond acceptors (Lipinski definition) is 6. The summed E-state index contributed by atoms with van der Waals surface area (Å²) in [5, 5.41) is 9.58. The molecule has 0 aliphatic carbocycles. The van der Waals surface area contributed by atoms with Gasteiger partial charge in [-0.1, -0.05) is 28.1 Å². The molecule has 2 aromatic rings. The standard InChI is InChI=1S/C18H15BrN2O3S/c1-3-23-18(22)13-9(2)25-16-14(10-4-6-11(19)7-5-10)12(8-20)17(21)24-15(13)16/h4-7,14H,3,21H2,1-2H3. The van der Waals surface area contributed by atoms with Crippen LogP contribution in [0.2, 0.25) is 0 Å². The van der Waals surface area contributed by atoms with Gasteiger partial charge in [-0.2, -0.15) is 5.26 Å². The number of fused-ring (bicyclic) bond motifs is 1. The summed E-state index contributed by atoms with van der Waals surface area (Å²) in [7, 11) is 0. The van der Waals surface area contributed by atoms with E-state index in [9.17, 15) is 10.1 Å². The van der Waals surface area contributed by atoms with Crippen molar-refractivity contribution >= 4 is 33.2 Å². The molecule has 2 heterocycles. The number of hydrogen-bond donors (Lipinski definition) is 1. The molecule has 5 nitrogen and oxygen atoms in total. The Bertz CT molecular complexity index is 910. The Morgan fingerprint density at radius 2 is 2.12 bits per heavy atom. The second kappa shape index (κ2) is 6.90. The smallest absolute Gasteiger partial charge is 0.343 e. The van der Waals surface area contributed by atoms with Gasteiger partial charge in [0.1, 0.15) is 17.2 Å². The van der Waals surface area contributed by atoms with E-state index in [0.29, 0.717) is 16.9 Å². The Hall–Kier alpha value is -2.30. The van der Waals surface area contributed by atoms with Crippen molar-refractivity contribution in [2.24, 2.45) is 5.73 Å². The van der Waals surface area contributed by atoms with Crippen molar-refractivity contribution in [3.8, 4) is 11.8 Å². The van der Waals surface area contributed by atoms with Gasteiger partial charge in [-0.15, -0.1) is 11.3 Å². The van der Waals surface area contributed by atoms with Crippen LogP contribution in [0.5, 0.6) is 5.75 Å². The fraction of sp³-hybridized carbons (Fsp3) is 0.222. The van der Waals surface area contributed by atoms with Crippen LogP contribution in [0, 0.1) is 18.3 Å². The maximum absolute atomic E-state index is 12.3. The summed E-state index contributed by atoms with van der Waals surface area (Å²) in [5.74, 6) is -0.398. The van der Waals surface area contributed by atoms with Crippen LogP contribution in [0.25, 0.3) is 0 Å². The van der Waals surface area contributed by atoms with Gasteiger partial charge in [0, 0.05) is 9.35 Å². The molecule has 0 amide bonds. The highest BCUT2D eigenvalue weighted by molar-refractivity contribution is 9.10. The monoisotopic (exact) mass is 418 g/mol. The van der Waals surface area contributed by atoms with Crippen LogP contribution >= 0.6 is 27.3 Å². The maximum atomic E-state index is 12.3. The SMILES string of the molecule is CCOC(=O)c1c(C)sc2c1OC(N)=C(C#N)C2c1ccc(Br)cc1. The Labute approximate surface area is 157 Å². The number of esters is 1. The molecule has 2 N–H and O–H groups in total. The lowest BCUT2D eigenvalue weighted by Gasteiger charge is -2.24. The molecule has 0 radical (unpaired) electrons. The number of thiophene rings is 1. The van der Waals surface area contributed by atoms with Crippen LogP contribution in [0.3, 0.4) is 0 Å². The number of rotatable bonds is 3. The first-order valence-corrected chi connectivity index (χ1v) is 9.22. The third kappa shape index (κ3) is 3.03. The van der Waals surface area contributed by atoms with Gasteiger partial charge in [-0.25, -0.2) is 4.79 Å². The summed E-state index contributed by atoms with van der Waals surface area (Å²) in [4.78, 5) is 13.9. The molecule has 7 heteroatoms. The first-order valence-electron chi connectivity index (χ1n) is 7.61. The minimum absolute atomic E-state index is 0.0197. The summed E-state index contributed by atoms with van der Waals surface area (Å²) in [5.41, 5.74) is 7.62. The molecular weight excluding hydrogens is 404 g/mol. The van der Waals surface area contributed by atoms with Gasteiger partial charge in [0.25, 0.3) is 0 Å². The Morgan fingerprint density at radius 1 is 1.44 bits per heavy atom. The van der Waals surface area contributed by atoms with E-state index in [0.717, 1.165) is 19.8 Å². The second-order valence-electron chi connectivity index (χ2n) is 5.42. The van der Waals surface area contributed by atoms with Crippen molar-refractivity contribution in [2.75, 3.05) is 6.61 Å². The molecule has 1 aliphatic heterocycles. The van der Waals surface area contributed by atoms with Gasteiger partial charge in [-0.05, 0) is 31.5 Å². The zero-order valence-electron chi connectivity index (χ0n) is 13.6. The van der Waals surface area contributed by atoms with Gasteiger partial charge in [-0.3, -0.25) is 0 Å². The van der Waals surface area contributed by atoms with Crippen molar-refractivity contribution in [3.63, 3.8) is 0 Å². The molecule has 1 aromatic carbocycles. The summed E-state index contributed by atoms with van der Waals surface area (Å²) in [6.07, 6.45) is 0. The normalized spacial score (nSPS) is 16.0. The van der Waals surface area contributed by atoms with E-state index in [1.165, 1.54) is 11.3 Å². The molecule has 0 spiro atoms. The number of benzene rings is 1. The summed E-state index contributed by atoms with van der Waals surface area (Å²) >= 11 is 4.83. The molecule has 128 valence electrons. The van der Waals surface area contributed by atoms with Gasteiger partial charge in [0.05, 0.1) is 17.4 Å². The molecule has 1 aliphatic rings. The van der Waals surface area contributed by atoms with Gasteiger partial charge >= 0.3 is 5.97 Å². The third-order valence-corrected chi connectivity index (χ3v) is 5.58. The van der Waals surface area contributed by atoms with E-state index >= 15 is 0 Å². The number of nitrogens with zero attached hydrogens (tertiary/aromatic N) is 1. The molecule has 25 heavy (non-hydrogen) atoms. The number of carbonyl (C=O) groups is 1. The summed E-state index contributed by atoms with van der Waals surface area (Å²) in [6.45, 7) is 3.85. The Kier molecular flexibility index (Phi) is 4.84.